The first-order chi connectivity index (χ1) is 13.0. The lowest BCUT2D eigenvalue weighted by atomic mass is 9.77. The normalized spacial score (nSPS) is 12.9. The van der Waals surface area contributed by atoms with Crippen molar-refractivity contribution < 1.29 is 5.11 Å². The third-order valence-electron chi connectivity index (χ3n) is 5.02. The molecular weight excluding hydrogens is 344 g/mol. The fourth-order valence-corrected chi connectivity index (χ4v) is 3.30. The Morgan fingerprint density at radius 1 is 0.821 bits per heavy atom. The van der Waals surface area contributed by atoms with Crippen molar-refractivity contribution in [2.45, 2.75) is 66.2 Å². The van der Waals surface area contributed by atoms with Gasteiger partial charge in [0.2, 0.25) is 0 Å². The molecule has 0 saturated carbocycles. The van der Waals surface area contributed by atoms with E-state index < -0.39 is 0 Å². The number of rotatable bonds is 5. The molecule has 0 aliphatic carbocycles. The lowest BCUT2D eigenvalue weighted by Crippen LogP contribution is -2.22. The largest absolute Gasteiger partial charge is 0.507 e. The van der Waals surface area contributed by atoms with Crippen molar-refractivity contribution in [3.8, 4) is 5.75 Å². The van der Waals surface area contributed by atoms with Crippen LogP contribution in [0.5, 0.6) is 5.75 Å². The second-order valence-corrected chi connectivity index (χ2v) is 9.37. The van der Waals surface area contributed by atoms with Crippen molar-refractivity contribution in [3.63, 3.8) is 0 Å². The highest BCUT2D eigenvalue weighted by Crippen LogP contribution is 2.40. The Balaban J connectivity index is 2.83. The second-order valence-electron chi connectivity index (χ2n) is 9.37. The summed E-state index contributed by atoms with van der Waals surface area (Å²) in [5, 5.41) is 18.1. The molecule has 0 fully saturated rings. The number of hydrogen-bond donors (Lipinski definition) is 1. The van der Waals surface area contributed by atoms with Gasteiger partial charge < -0.3 is 5.11 Å². The van der Waals surface area contributed by atoms with Gasteiger partial charge in [-0.15, -0.1) is 0 Å². The zero-order valence-electron chi connectivity index (χ0n) is 18.8. The summed E-state index contributed by atoms with van der Waals surface area (Å²) < 4.78 is 0. The van der Waals surface area contributed by atoms with Crippen LogP contribution in [0, 0.1) is 0 Å². The maximum Gasteiger partial charge on any atom is 0.123 e. The van der Waals surface area contributed by atoms with Crippen molar-refractivity contribution in [1.29, 1.82) is 0 Å². The molecule has 0 amide bonds. The van der Waals surface area contributed by atoms with Crippen molar-refractivity contribution in [3.05, 3.63) is 64.7 Å². The van der Waals surface area contributed by atoms with Crippen LogP contribution in [0.3, 0.4) is 0 Å². The molecule has 2 aromatic rings. The van der Waals surface area contributed by atoms with Gasteiger partial charge in [0.25, 0.3) is 0 Å². The molecule has 152 valence electrons. The molecule has 1 N–H and O–H groups in total. The summed E-state index contributed by atoms with van der Waals surface area (Å²) >= 11 is 0. The highest BCUT2D eigenvalue weighted by Gasteiger charge is 2.27. The highest BCUT2D eigenvalue weighted by atomic mass is 16.3. The molecule has 2 rings (SSSR count). The van der Waals surface area contributed by atoms with Crippen molar-refractivity contribution in [2.24, 2.45) is 5.10 Å². The average Bonchev–Trinajstić information content (AvgIpc) is 2.62. The molecule has 2 aromatic carbocycles. The van der Waals surface area contributed by atoms with E-state index >= 15 is 0 Å². The lowest BCUT2D eigenvalue weighted by Gasteiger charge is -2.29. The van der Waals surface area contributed by atoms with Crippen molar-refractivity contribution in [1.82, 2.24) is 5.01 Å². The molecule has 3 heteroatoms. The van der Waals surface area contributed by atoms with Crippen LogP contribution in [0.1, 0.15) is 77.6 Å². The zero-order valence-corrected chi connectivity index (χ0v) is 18.8. The third-order valence-corrected chi connectivity index (χ3v) is 5.02. The molecule has 0 aromatic heterocycles. The molecule has 0 saturated heterocycles. The molecule has 0 heterocycles. The van der Waals surface area contributed by atoms with Crippen LogP contribution in [-0.4, -0.2) is 28.9 Å². The third kappa shape index (κ3) is 4.95. The van der Waals surface area contributed by atoms with Gasteiger partial charge in [-0.25, -0.2) is 0 Å². The van der Waals surface area contributed by atoms with E-state index in [0.717, 1.165) is 41.1 Å². The number of nitrogens with zero attached hydrogens (tertiary/aromatic N) is 2. The fourth-order valence-electron chi connectivity index (χ4n) is 3.30. The van der Waals surface area contributed by atoms with Gasteiger partial charge >= 0.3 is 0 Å². The van der Waals surface area contributed by atoms with Crippen LogP contribution >= 0.6 is 0 Å². The number of hydrazone groups is 1. The summed E-state index contributed by atoms with van der Waals surface area (Å²) in [7, 11) is 0. The van der Waals surface area contributed by atoms with Crippen LogP contribution in [0.2, 0.25) is 0 Å². The first-order valence-corrected chi connectivity index (χ1v) is 10.3. The second kappa shape index (κ2) is 8.38. The minimum Gasteiger partial charge on any atom is -0.507 e. The molecule has 0 aliphatic heterocycles. The molecule has 28 heavy (non-hydrogen) atoms. The Hall–Kier alpha value is -2.29. The van der Waals surface area contributed by atoms with Crippen LogP contribution in [-0.2, 0) is 10.8 Å². The molecule has 0 bridgehead atoms. The molecule has 3 nitrogen and oxygen atoms in total. The van der Waals surface area contributed by atoms with E-state index in [-0.39, 0.29) is 10.8 Å². The summed E-state index contributed by atoms with van der Waals surface area (Å²) in [5.74, 6) is 0.402. The molecular formula is C25H36N2O. The fraction of sp³-hybridized carbons (Fsp3) is 0.480. The molecule has 0 aliphatic rings. The van der Waals surface area contributed by atoms with Gasteiger partial charge in [-0.05, 0) is 36.8 Å². The predicted octanol–water partition coefficient (Wildman–Crippen LogP) is 6.08. The van der Waals surface area contributed by atoms with Gasteiger partial charge in [0.15, 0.2) is 0 Å². The van der Waals surface area contributed by atoms with Gasteiger partial charge in [-0.1, -0.05) is 71.9 Å². The van der Waals surface area contributed by atoms with Crippen LogP contribution in [0.25, 0.3) is 0 Å². The van der Waals surface area contributed by atoms with Gasteiger partial charge in [-0.3, -0.25) is 5.01 Å². The van der Waals surface area contributed by atoms with E-state index in [9.17, 15) is 5.11 Å². The standard InChI is InChI=1S/C25H36N2O/c1-9-27(10-2)26-22(18-14-12-11-13-15-18)19-16-20(24(3,4)5)23(28)21(17-19)25(6,7)8/h11-17,28H,9-10H2,1-8H3/b26-22+. The molecule has 0 radical (unpaired) electrons. The minimum absolute atomic E-state index is 0.170. The van der Waals surface area contributed by atoms with Crippen LogP contribution in [0.4, 0.5) is 0 Å². The van der Waals surface area contributed by atoms with E-state index in [1.807, 2.05) is 18.2 Å². The Labute approximate surface area is 171 Å². The Bertz CT molecular complexity index is 785. The maximum atomic E-state index is 11.1. The van der Waals surface area contributed by atoms with Crippen LogP contribution < -0.4 is 0 Å². The van der Waals surface area contributed by atoms with E-state index in [0.29, 0.717) is 5.75 Å². The average molecular weight is 381 g/mol. The van der Waals surface area contributed by atoms with Gasteiger partial charge in [0, 0.05) is 35.3 Å². The number of phenols is 1. The highest BCUT2D eigenvalue weighted by molar-refractivity contribution is 6.13. The predicted molar refractivity (Wildman–Crippen MR) is 121 cm³/mol. The Morgan fingerprint density at radius 3 is 1.68 bits per heavy atom. The number of hydrogen-bond acceptors (Lipinski definition) is 3. The quantitative estimate of drug-likeness (QED) is 0.504. The van der Waals surface area contributed by atoms with Crippen LogP contribution in [0.15, 0.2) is 47.6 Å². The Morgan fingerprint density at radius 2 is 1.29 bits per heavy atom. The lowest BCUT2D eigenvalue weighted by molar-refractivity contribution is 0.322. The molecule has 0 spiro atoms. The smallest absolute Gasteiger partial charge is 0.123 e. The van der Waals surface area contributed by atoms with E-state index in [1.54, 1.807) is 0 Å². The maximum absolute atomic E-state index is 11.1. The van der Waals surface area contributed by atoms with Gasteiger partial charge in [0.1, 0.15) is 5.75 Å². The SMILES string of the molecule is CCN(CC)/N=C(\c1ccccc1)c1cc(C(C)(C)C)c(O)c(C(C)(C)C)c1. The summed E-state index contributed by atoms with van der Waals surface area (Å²) in [4.78, 5) is 0. The van der Waals surface area contributed by atoms with Crippen molar-refractivity contribution in [2.75, 3.05) is 13.1 Å². The van der Waals surface area contributed by atoms with E-state index in [4.69, 9.17) is 5.10 Å². The number of phenolic OH excluding ortho intramolecular Hbond substituents is 1. The summed E-state index contributed by atoms with van der Waals surface area (Å²) in [6.45, 7) is 18.8. The zero-order chi connectivity index (χ0) is 21.1. The monoisotopic (exact) mass is 380 g/mol. The minimum atomic E-state index is -0.170. The summed E-state index contributed by atoms with van der Waals surface area (Å²) in [5.41, 5.74) is 4.65. The molecule has 0 unspecified atom stereocenters. The van der Waals surface area contributed by atoms with Gasteiger partial charge in [0.05, 0.1) is 5.71 Å². The molecule has 0 atom stereocenters. The number of benzene rings is 2. The first-order valence-electron chi connectivity index (χ1n) is 10.3. The van der Waals surface area contributed by atoms with E-state index in [1.165, 1.54) is 0 Å². The van der Waals surface area contributed by atoms with Gasteiger partial charge in [-0.2, -0.15) is 5.10 Å². The topological polar surface area (TPSA) is 35.8 Å². The first kappa shape index (κ1) is 22.0. The summed E-state index contributed by atoms with van der Waals surface area (Å²) in [6.07, 6.45) is 0. The Kier molecular flexibility index (Phi) is 6.59. The van der Waals surface area contributed by atoms with Crippen molar-refractivity contribution >= 4 is 5.71 Å². The summed E-state index contributed by atoms with van der Waals surface area (Å²) in [6, 6.07) is 14.5. The number of aromatic hydroxyl groups is 1. The van der Waals surface area contributed by atoms with E-state index in [2.05, 4.69) is 84.7 Å².